The molecule has 6 heteroatoms. The van der Waals surface area contributed by atoms with Gasteiger partial charge in [0.25, 0.3) is 0 Å². The van der Waals surface area contributed by atoms with Crippen LogP contribution in [-0.2, 0) is 12.8 Å². The molecule has 0 saturated carbocycles. The van der Waals surface area contributed by atoms with Crippen molar-refractivity contribution in [2.75, 3.05) is 48.8 Å². The van der Waals surface area contributed by atoms with Crippen molar-refractivity contribution in [2.24, 2.45) is 0 Å². The van der Waals surface area contributed by atoms with Gasteiger partial charge in [-0.2, -0.15) is 4.98 Å². The van der Waals surface area contributed by atoms with Crippen molar-refractivity contribution in [1.29, 1.82) is 0 Å². The first-order valence-corrected chi connectivity index (χ1v) is 11.7. The maximum Gasteiger partial charge on any atom is 0.229 e. The highest BCUT2D eigenvalue weighted by atomic mass is 15.2. The van der Waals surface area contributed by atoms with Crippen LogP contribution in [0.5, 0.6) is 0 Å². The van der Waals surface area contributed by atoms with E-state index < -0.39 is 0 Å². The third kappa shape index (κ3) is 4.70. The van der Waals surface area contributed by atoms with Crippen LogP contribution in [0.4, 0.5) is 28.8 Å². The van der Waals surface area contributed by atoms with Gasteiger partial charge in [-0.25, -0.2) is 4.98 Å². The Morgan fingerprint density at radius 1 is 0.812 bits per heavy atom. The maximum absolute atomic E-state index is 4.75. The van der Waals surface area contributed by atoms with Crippen LogP contribution < -0.4 is 15.5 Å². The van der Waals surface area contributed by atoms with Gasteiger partial charge < -0.3 is 20.4 Å². The summed E-state index contributed by atoms with van der Waals surface area (Å²) in [7, 11) is 2.18. The van der Waals surface area contributed by atoms with Gasteiger partial charge in [-0.3, -0.25) is 0 Å². The molecule has 2 aromatic carbocycles. The molecular formula is C26H32N6. The zero-order valence-electron chi connectivity index (χ0n) is 19.1. The lowest BCUT2D eigenvalue weighted by molar-refractivity contribution is 0.313. The minimum Gasteiger partial charge on any atom is -0.369 e. The van der Waals surface area contributed by atoms with Gasteiger partial charge in [0.15, 0.2) is 0 Å². The van der Waals surface area contributed by atoms with Crippen LogP contribution in [0.3, 0.4) is 0 Å². The highest BCUT2D eigenvalue weighted by Gasteiger charge is 2.14. The number of hydrogen-bond donors (Lipinski definition) is 2. The van der Waals surface area contributed by atoms with Crippen LogP contribution in [0.2, 0.25) is 0 Å². The predicted molar refractivity (Wildman–Crippen MR) is 133 cm³/mol. The number of hydrogen-bond acceptors (Lipinski definition) is 6. The van der Waals surface area contributed by atoms with E-state index in [4.69, 9.17) is 4.98 Å². The van der Waals surface area contributed by atoms with Crippen LogP contribution in [0, 0.1) is 6.92 Å². The normalized spacial score (nSPS) is 16.5. The summed E-state index contributed by atoms with van der Waals surface area (Å²) in [5.41, 5.74) is 7.33. The van der Waals surface area contributed by atoms with Gasteiger partial charge in [0.1, 0.15) is 5.82 Å². The van der Waals surface area contributed by atoms with Crippen molar-refractivity contribution in [3.05, 3.63) is 65.4 Å². The van der Waals surface area contributed by atoms with Gasteiger partial charge in [-0.15, -0.1) is 0 Å². The number of rotatable bonds is 5. The topological polar surface area (TPSA) is 56.3 Å². The smallest absolute Gasteiger partial charge is 0.229 e. The van der Waals surface area contributed by atoms with Crippen LogP contribution in [0.15, 0.2) is 48.7 Å². The molecule has 0 amide bonds. The Bertz CT molecular complexity index is 1070. The van der Waals surface area contributed by atoms with Crippen LogP contribution >= 0.6 is 0 Å². The van der Waals surface area contributed by atoms with E-state index >= 15 is 0 Å². The lowest BCUT2D eigenvalue weighted by atomic mass is 9.91. The minimum absolute atomic E-state index is 0.600. The molecule has 2 heterocycles. The van der Waals surface area contributed by atoms with Gasteiger partial charge in [-0.05, 0) is 87.2 Å². The predicted octanol–water partition coefficient (Wildman–Crippen LogP) is 4.90. The van der Waals surface area contributed by atoms with Crippen molar-refractivity contribution in [1.82, 2.24) is 14.9 Å². The van der Waals surface area contributed by atoms with Crippen molar-refractivity contribution >= 4 is 28.8 Å². The molecule has 6 nitrogen and oxygen atoms in total. The van der Waals surface area contributed by atoms with Crippen LogP contribution in [-0.4, -0.2) is 48.1 Å². The Morgan fingerprint density at radius 2 is 1.53 bits per heavy atom. The molecule has 32 heavy (non-hydrogen) atoms. The Morgan fingerprint density at radius 3 is 2.31 bits per heavy atom. The average molecular weight is 429 g/mol. The van der Waals surface area contributed by atoms with Gasteiger partial charge in [-0.1, -0.05) is 6.07 Å². The third-order valence-corrected chi connectivity index (χ3v) is 6.57. The molecule has 1 aliphatic heterocycles. The van der Waals surface area contributed by atoms with E-state index in [1.165, 1.54) is 42.5 Å². The number of piperazine rings is 1. The van der Waals surface area contributed by atoms with E-state index in [-0.39, 0.29) is 0 Å². The minimum atomic E-state index is 0.600. The first-order valence-electron chi connectivity index (χ1n) is 11.7. The summed E-state index contributed by atoms with van der Waals surface area (Å²) in [5, 5.41) is 6.86. The van der Waals surface area contributed by atoms with E-state index in [1.54, 1.807) is 0 Å². The van der Waals surface area contributed by atoms with Crippen molar-refractivity contribution in [2.45, 2.75) is 32.6 Å². The lowest BCUT2D eigenvalue weighted by Crippen LogP contribution is -2.44. The maximum atomic E-state index is 4.75. The number of nitrogens with zero attached hydrogens (tertiary/aromatic N) is 4. The summed E-state index contributed by atoms with van der Waals surface area (Å²) in [5.74, 6) is 1.44. The fourth-order valence-corrected chi connectivity index (χ4v) is 4.53. The molecule has 1 fully saturated rings. The van der Waals surface area contributed by atoms with Crippen molar-refractivity contribution in [3.8, 4) is 0 Å². The Hall–Kier alpha value is -3.12. The molecule has 0 atom stereocenters. The molecular weight excluding hydrogens is 396 g/mol. The van der Waals surface area contributed by atoms with Crippen molar-refractivity contribution in [3.63, 3.8) is 0 Å². The second-order valence-corrected chi connectivity index (χ2v) is 9.00. The van der Waals surface area contributed by atoms with E-state index in [0.29, 0.717) is 5.95 Å². The van der Waals surface area contributed by atoms with Crippen LogP contribution in [0.25, 0.3) is 0 Å². The summed E-state index contributed by atoms with van der Waals surface area (Å²) in [6, 6.07) is 15.3. The number of nitrogens with one attached hydrogen (secondary N) is 2. The molecule has 2 N–H and O–H groups in total. The highest BCUT2D eigenvalue weighted by molar-refractivity contribution is 5.64. The Labute approximate surface area is 190 Å². The van der Waals surface area contributed by atoms with E-state index in [2.05, 4.69) is 74.9 Å². The monoisotopic (exact) mass is 428 g/mol. The molecule has 0 bridgehead atoms. The summed E-state index contributed by atoms with van der Waals surface area (Å²) < 4.78 is 0. The van der Waals surface area contributed by atoms with E-state index in [0.717, 1.165) is 48.9 Å². The molecule has 2 aliphatic rings. The number of benzene rings is 2. The van der Waals surface area contributed by atoms with E-state index in [1.807, 2.05) is 13.1 Å². The molecule has 1 aliphatic carbocycles. The van der Waals surface area contributed by atoms with Gasteiger partial charge in [0, 0.05) is 55.0 Å². The van der Waals surface area contributed by atoms with Gasteiger partial charge >= 0.3 is 0 Å². The summed E-state index contributed by atoms with van der Waals surface area (Å²) in [6.45, 7) is 6.40. The fourth-order valence-electron chi connectivity index (χ4n) is 4.53. The zero-order chi connectivity index (χ0) is 21.9. The number of aromatic nitrogens is 2. The number of anilines is 5. The third-order valence-electron chi connectivity index (χ3n) is 6.57. The SMILES string of the molecule is Cc1cnc(Nc2ccc(N3CCN(C)CC3)cc2)nc1Nc1ccc2c(c1)CCCC2. The average Bonchev–Trinajstić information content (AvgIpc) is 2.82. The van der Waals surface area contributed by atoms with Crippen molar-refractivity contribution < 1.29 is 0 Å². The molecule has 3 aromatic rings. The molecule has 0 spiro atoms. The molecule has 0 unspecified atom stereocenters. The molecule has 166 valence electrons. The summed E-state index contributed by atoms with van der Waals surface area (Å²) in [4.78, 5) is 14.0. The van der Waals surface area contributed by atoms with E-state index in [9.17, 15) is 0 Å². The van der Waals surface area contributed by atoms with Gasteiger partial charge in [0.05, 0.1) is 0 Å². The number of fused-ring (bicyclic) bond motifs is 1. The largest absolute Gasteiger partial charge is 0.369 e. The second kappa shape index (κ2) is 9.17. The van der Waals surface area contributed by atoms with Gasteiger partial charge in [0.2, 0.25) is 5.95 Å². The first kappa shape index (κ1) is 20.8. The molecule has 5 rings (SSSR count). The quantitative estimate of drug-likeness (QED) is 0.603. The lowest BCUT2D eigenvalue weighted by Gasteiger charge is -2.34. The number of likely N-dealkylation sites (N-methyl/N-ethyl adjacent to an activating group) is 1. The molecule has 1 saturated heterocycles. The standard InChI is InChI=1S/C26H32N6/c1-19-18-27-26(29-22-9-11-24(12-10-22)32-15-13-31(2)14-16-32)30-25(19)28-23-8-7-20-5-3-4-6-21(20)17-23/h7-12,17-18H,3-6,13-16H2,1-2H3,(H2,27,28,29,30). The second-order valence-electron chi connectivity index (χ2n) is 9.00. The molecule has 1 aromatic heterocycles. The van der Waals surface area contributed by atoms with Crippen LogP contribution in [0.1, 0.15) is 29.5 Å². The summed E-state index contributed by atoms with van der Waals surface area (Å²) >= 11 is 0. The summed E-state index contributed by atoms with van der Waals surface area (Å²) in [6.07, 6.45) is 6.82. The fraction of sp³-hybridized carbons (Fsp3) is 0.385. The Balaban J connectivity index is 1.27. The number of aryl methyl sites for hydroxylation is 3. The highest BCUT2D eigenvalue weighted by Crippen LogP contribution is 2.27. The first-order chi connectivity index (χ1) is 15.6. The zero-order valence-corrected chi connectivity index (χ0v) is 19.1. The Kier molecular flexibility index (Phi) is 5.95. The molecule has 0 radical (unpaired) electrons.